The van der Waals surface area contributed by atoms with Crippen molar-refractivity contribution in [2.45, 2.75) is 26.3 Å². The van der Waals surface area contributed by atoms with Gasteiger partial charge in [-0.2, -0.15) is 0 Å². The SMILES string of the molecule is CCC(NCC(C)COC)c1ccc(OC)cc1. The van der Waals surface area contributed by atoms with E-state index in [0.29, 0.717) is 12.0 Å². The van der Waals surface area contributed by atoms with E-state index < -0.39 is 0 Å². The molecule has 1 rings (SSSR count). The summed E-state index contributed by atoms with van der Waals surface area (Å²) >= 11 is 0. The molecule has 1 aromatic rings. The third-order valence-electron chi connectivity index (χ3n) is 3.09. The summed E-state index contributed by atoms with van der Waals surface area (Å²) in [5.74, 6) is 1.43. The quantitative estimate of drug-likeness (QED) is 0.770. The third-order valence-corrected chi connectivity index (χ3v) is 3.09. The van der Waals surface area contributed by atoms with E-state index in [1.807, 2.05) is 12.1 Å². The summed E-state index contributed by atoms with van der Waals surface area (Å²) in [6.45, 7) is 6.16. The van der Waals surface area contributed by atoms with Gasteiger partial charge in [-0.15, -0.1) is 0 Å². The molecule has 0 aliphatic heterocycles. The number of rotatable bonds is 8. The van der Waals surface area contributed by atoms with Crippen LogP contribution in [-0.4, -0.2) is 27.4 Å². The van der Waals surface area contributed by atoms with Gasteiger partial charge in [0.1, 0.15) is 5.75 Å². The molecule has 0 amide bonds. The van der Waals surface area contributed by atoms with Crippen LogP contribution in [-0.2, 0) is 4.74 Å². The summed E-state index contributed by atoms with van der Waals surface area (Å²) in [4.78, 5) is 0. The molecule has 2 unspecified atom stereocenters. The fourth-order valence-corrected chi connectivity index (χ4v) is 2.02. The molecule has 0 heterocycles. The van der Waals surface area contributed by atoms with Crippen molar-refractivity contribution in [3.05, 3.63) is 29.8 Å². The normalized spacial score (nSPS) is 14.2. The lowest BCUT2D eigenvalue weighted by Crippen LogP contribution is -2.27. The van der Waals surface area contributed by atoms with Gasteiger partial charge in [-0.1, -0.05) is 26.0 Å². The van der Waals surface area contributed by atoms with Crippen molar-refractivity contribution >= 4 is 0 Å². The Morgan fingerprint density at radius 3 is 2.33 bits per heavy atom. The van der Waals surface area contributed by atoms with Gasteiger partial charge in [0.15, 0.2) is 0 Å². The van der Waals surface area contributed by atoms with Crippen LogP contribution in [0.15, 0.2) is 24.3 Å². The second-order valence-corrected chi connectivity index (χ2v) is 4.70. The molecule has 0 radical (unpaired) electrons. The highest BCUT2D eigenvalue weighted by atomic mass is 16.5. The lowest BCUT2D eigenvalue weighted by atomic mass is 10.0. The predicted octanol–water partition coefficient (Wildman–Crippen LogP) is 3.02. The maximum absolute atomic E-state index is 5.18. The van der Waals surface area contributed by atoms with Gasteiger partial charge in [0.25, 0.3) is 0 Å². The Morgan fingerprint density at radius 1 is 1.17 bits per heavy atom. The molecule has 1 aromatic carbocycles. The van der Waals surface area contributed by atoms with Crippen LogP contribution in [0.3, 0.4) is 0 Å². The molecule has 0 saturated carbocycles. The van der Waals surface area contributed by atoms with Crippen LogP contribution in [0.4, 0.5) is 0 Å². The standard InChI is InChI=1S/C15H25NO2/c1-5-15(16-10-12(2)11-17-3)13-6-8-14(18-4)9-7-13/h6-9,12,15-16H,5,10-11H2,1-4H3. The second-order valence-electron chi connectivity index (χ2n) is 4.70. The summed E-state index contributed by atoms with van der Waals surface area (Å²) < 4.78 is 10.3. The molecule has 18 heavy (non-hydrogen) atoms. The van der Waals surface area contributed by atoms with E-state index >= 15 is 0 Å². The lowest BCUT2D eigenvalue weighted by molar-refractivity contribution is 0.156. The number of hydrogen-bond donors (Lipinski definition) is 1. The summed E-state index contributed by atoms with van der Waals surface area (Å²) in [7, 11) is 3.44. The lowest BCUT2D eigenvalue weighted by Gasteiger charge is -2.20. The number of nitrogens with one attached hydrogen (secondary N) is 1. The minimum atomic E-state index is 0.398. The van der Waals surface area contributed by atoms with Crippen molar-refractivity contribution in [2.24, 2.45) is 5.92 Å². The molecular weight excluding hydrogens is 226 g/mol. The first-order chi connectivity index (χ1) is 8.71. The maximum atomic E-state index is 5.18. The summed E-state index contributed by atoms with van der Waals surface area (Å²) in [5.41, 5.74) is 1.31. The van der Waals surface area contributed by atoms with Gasteiger partial charge >= 0.3 is 0 Å². The van der Waals surface area contributed by atoms with Crippen molar-refractivity contribution in [3.8, 4) is 5.75 Å². The van der Waals surface area contributed by atoms with Gasteiger partial charge in [0.05, 0.1) is 7.11 Å². The van der Waals surface area contributed by atoms with E-state index in [-0.39, 0.29) is 0 Å². The predicted molar refractivity (Wildman–Crippen MR) is 75.1 cm³/mol. The minimum absolute atomic E-state index is 0.398. The molecule has 0 fully saturated rings. The molecule has 0 spiro atoms. The second kappa shape index (κ2) is 8.11. The van der Waals surface area contributed by atoms with Crippen LogP contribution < -0.4 is 10.1 Å². The van der Waals surface area contributed by atoms with Crippen molar-refractivity contribution in [2.75, 3.05) is 27.4 Å². The average molecular weight is 251 g/mol. The van der Waals surface area contributed by atoms with Gasteiger partial charge in [0.2, 0.25) is 0 Å². The molecule has 0 aliphatic rings. The number of methoxy groups -OCH3 is 2. The zero-order valence-corrected chi connectivity index (χ0v) is 11.9. The number of benzene rings is 1. The molecule has 3 nitrogen and oxygen atoms in total. The Hall–Kier alpha value is -1.06. The first kappa shape index (κ1) is 15.0. The van der Waals surface area contributed by atoms with Gasteiger partial charge in [0, 0.05) is 26.3 Å². The fraction of sp³-hybridized carbons (Fsp3) is 0.600. The highest BCUT2D eigenvalue weighted by Gasteiger charge is 2.10. The largest absolute Gasteiger partial charge is 0.497 e. The molecule has 0 saturated heterocycles. The van der Waals surface area contributed by atoms with E-state index in [0.717, 1.165) is 25.3 Å². The molecular formula is C15H25NO2. The van der Waals surface area contributed by atoms with Crippen molar-refractivity contribution in [1.29, 1.82) is 0 Å². The maximum Gasteiger partial charge on any atom is 0.118 e. The average Bonchev–Trinajstić information content (AvgIpc) is 2.40. The smallest absolute Gasteiger partial charge is 0.118 e. The molecule has 2 atom stereocenters. The van der Waals surface area contributed by atoms with E-state index in [1.165, 1.54) is 5.56 Å². The van der Waals surface area contributed by atoms with Crippen molar-refractivity contribution in [1.82, 2.24) is 5.32 Å². The van der Waals surface area contributed by atoms with Crippen molar-refractivity contribution in [3.63, 3.8) is 0 Å². The van der Waals surface area contributed by atoms with Crippen LogP contribution >= 0.6 is 0 Å². The Morgan fingerprint density at radius 2 is 1.83 bits per heavy atom. The zero-order chi connectivity index (χ0) is 13.4. The van der Waals surface area contributed by atoms with Gasteiger partial charge in [-0.3, -0.25) is 0 Å². The van der Waals surface area contributed by atoms with E-state index in [9.17, 15) is 0 Å². The van der Waals surface area contributed by atoms with Crippen LogP contribution in [0.2, 0.25) is 0 Å². The topological polar surface area (TPSA) is 30.5 Å². The molecule has 102 valence electrons. The summed E-state index contributed by atoms with van der Waals surface area (Å²) in [6, 6.07) is 8.67. The first-order valence-electron chi connectivity index (χ1n) is 6.57. The van der Waals surface area contributed by atoms with E-state index in [1.54, 1.807) is 14.2 Å². The zero-order valence-electron chi connectivity index (χ0n) is 11.9. The monoisotopic (exact) mass is 251 g/mol. The van der Waals surface area contributed by atoms with Gasteiger partial charge in [-0.05, 0) is 30.0 Å². The molecule has 0 bridgehead atoms. The molecule has 1 N–H and O–H groups in total. The highest BCUT2D eigenvalue weighted by molar-refractivity contribution is 5.29. The Kier molecular flexibility index (Phi) is 6.76. The van der Waals surface area contributed by atoms with Crippen molar-refractivity contribution < 1.29 is 9.47 Å². The Balaban J connectivity index is 2.53. The van der Waals surface area contributed by atoms with Crippen LogP contribution in [0, 0.1) is 5.92 Å². The number of ether oxygens (including phenoxy) is 2. The molecule has 0 aromatic heterocycles. The Labute approximate surface area is 110 Å². The Bertz CT molecular complexity index is 324. The van der Waals surface area contributed by atoms with Gasteiger partial charge in [-0.25, -0.2) is 0 Å². The van der Waals surface area contributed by atoms with Gasteiger partial charge < -0.3 is 14.8 Å². The minimum Gasteiger partial charge on any atom is -0.497 e. The van der Waals surface area contributed by atoms with E-state index in [4.69, 9.17) is 9.47 Å². The van der Waals surface area contributed by atoms with E-state index in [2.05, 4.69) is 31.3 Å². The van der Waals surface area contributed by atoms with Crippen LogP contribution in [0.1, 0.15) is 31.9 Å². The molecule has 0 aliphatic carbocycles. The van der Waals surface area contributed by atoms with Crippen LogP contribution in [0.25, 0.3) is 0 Å². The summed E-state index contributed by atoms with van der Waals surface area (Å²) in [6.07, 6.45) is 1.08. The molecule has 3 heteroatoms. The number of hydrogen-bond acceptors (Lipinski definition) is 3. The summed E-state index contributed by atoms with van der Waals surface area (Å²) in [5, 5.41) is 3.59. The van der Waals surface area contributed by atoms with Crippen LogP contribution in [0.5, 0.6) is 5.75 Å². The highest BCUT2D eigenvalue weighted by Crippen LogP contribution is 2.20. The first-order valence-corrected chi connectivity index (χ1v) is 6.57. The fourth-order valence-electron chi connectivity index (χ4n) is 2.02. The third kappa shape index (κ3) is 4.67.